The normalized spacial score (nSPS) is 16.9. The van der Waals surface area contributed by atoms with E-state index in [0.29, 0.717) is 32.0 Å². The van der Waals surface area contributed by atoms with E-state index in [-0.39, 0.29) is 6.61 Å². The Bertz CT molecular complexity index is 1360. The van der Waals surface area contributed by atoms with E-state index in [1.54, 1.807) is 26.4 Å². The Morgan fingerprint density at radius 2 is 1.60 bits per heavy atom. The fraction of sp³-hybridized carbons (Fsp3) is 0.267. The third-order valence-corrected chi connectivity index (χ3v) is 6.17. The van der Waals surface area contributed by atoms with Crippen molar-refractivity contribution in [1.82, 2.24) is 0 Å². The molecule has 1 aliphatic rings. The second kappa shape index (κ2) is 10.9. The topological polar surface area (TPSA) is 57.2 Å². The van der Waals surface area contributed by atoms with Crippen LogP contribution in [0.3, 0.4) is 0 Å². The molecule has 0 fully saturated rings. The lowest BCUT2D eigenvalue weighted by Gasteiger charge is -2.34. The quantitative estimate of drug-likeness (QED) is 0.430. The number of hydrogen-bond donors (Lipinski definition) is 1. The van der Waals surface area contributed by atoms with Crippen LogP contribution in [0.4, 0.5) is 0 Å². The van der Waals surface area contributed by atoms with Crippen LogP contribution in [0.1, 0.15) is 17.5 Å². The van der Waals surface area contributed by atoms with Crippen molar-refractivity contribution in [3.05, 3.63) is 95.4 Å². The van der Waals surface area contributed by atoms with Crippen LogP contribution in [0.25, 0.3) is 22.4 Å². The summed E-state index contributed by atoms with van der Waals surface area (Å²) in [6, 6.07) is 16.1. The van der Waals surface area contributed by atoms with E-state index in [9.17, 15) is 5.11 Å². The summed E-state index contributed by atoms with van der Waals surface area (Å²) in [7, 11) is 3.28. The highest BCUT2D eigenvalue weighted by Gasteiger charge is 2.36. The molecule has 0 bridgehead atoms. The molecule has 0 aliphatic heterocycles. The summed E-state index contributed by atoms with van der Waals surface area (Å²) in [6.45, 7) is 8.83. The average molecular weight is 473 g/mol. The lowest BCUT2D eigenvalue weighted by molar-refractivity contribution is 0.0175. The monoisotopic (exact) mass is 472 g/mol. The minimum atomic E-state index is -1.24. The van der Waals surface area contributed by atoms with Crippen LogP contribution >= 0.6 is 0 Å². The molecule has 3 aromatic carbocycles. The molecule has 0 spiro atoms. The standard InChI is InChI=1S/C30H32O5/c1-5-15-34-24-11-9-21-7-8-23(19-32-3)28(26(21)17-24)29-27-18-25(35-16-6-2)12-10-22(27)13-14-30(29,31)20-33-4/h5-13,17-18,31H,1-2,14-16,19-20H2,3-4H3. The van der Waals surface area contributed by atoms with Crippen LogP contribution in [0.15, 0.2) is 73.8 Å². The lowest BCUT2D eigenvalue weighted by Crippen LogP contribution is -2.46. The van der Waals surface area contributed by atoms with Crippen molar-refractivity contribution in [3.63, 3.8) is 0 Å². The Kier molecular flexibility index (Phi) is 7.71. The maximum atomic E-state index is 12.0. The number of benzene rings is 3. The number of fused-ring (bicyclic) bond motifs is 2. The molecule has 5 nitrogen and oxygen atoms in total. The Morgan fingerprint density at radius 3 is 2.29 bits per heavy atom. The van der Waals surface area contributed by atoms with E-state index in [2.05, 4.69) is 31.4 Å². The van der Waals surface area contributed by atoms with Gasteiger partial charge in [0.2, 0.25) is 0 Å². The van der Waals surface area contributed by atoms with E-state index in [4.69, 9.17) is 18.9 Å². The van der Waals surface area contributed by atoms with Crippen LogP contribution < -0.4 is 19.9 Å². The van der Waals surface area contributed by atoms with Gasteiger partial charge in [0.1, 0.15) is 30.3 Å². The van der Waals surface area contributed by atoms with Crippen molar-refractivity contribution in [1.29, 1.82) is 0 Å². The van der Waals surface area contributed by atoms with Gasteiger partial charge >= 0.3 is 0 Å². The van der Waals surface area contributed by atoms with Crippen molar-refractivity contribution in [2.45, 2.75) is 18.6 Å². The SMILES string of the molecule is C=CCOc1ccc2c(c1)=C(c1c(COC)ccc3ccc(OCC=C)cc13)C(O)(COC)CC=2. The average Bonchev–Trinajstić information content (AvgIpc) is 2.86. The van der Waals surface area contributed by atoms with Crippen molar-refractivity contribution in [2.75, 3.05) is 34.0 Å². The summed E-state index contributed by atoms with van der Waals surface area (Å²) >= 11 is 0. The summed E-state index contributed by atoms with van der Waals surface area (Å²) in [6.07, 6.45) is 5.90. The Labute approximate surface area is 206 Å². The predicted molar refractivity (Wildman–Crippen MR) is 140 cm³/mol. The Morgan fingerprint density at radius 1 is 0.914 bits per heavy atom. The van der Waals surface area contributed by atoms with Crippen LogP contribution in [-0.4, -0.2) is 44.7 Å². The minimum absolute atomic E-state index is 0.144. The van der Waals surface area contributed by atoms with Crippen molar-refractivity contribution >= 4 is 22.4 Å². The second-order valence-electron chi connectivity index (χ2n) is 8.61. The molecule has 0 radical (unpaired) electrons. The Balaban J connectivity index is 2.11. The molecule has 0 amide bonds. The highest BCUT2D eigenvalue weighted by atomic mass is 16.5. The summed E-state index contributed by atoms with van der Waals surface area (Å²) < 4.78 is 22.8. The third kappa shape index (κ3) is 5.03. The highest BCUT2D eigenvalue weighted by Crippen LogP contribution is 2.38. The molecule has 0 heterocycles. The molecule has 4 rings (SSSR count). The fourth-order valence-corrected chi connectivity index (χ4v) is 4.70. The minimum Gasteiger partial charge on any atom is -0.490 e. The maximum Gasteiger partial charge on any atom is 0.120 e. The first-order valence-corrected chi connectivity index (χ1v) is 11.6. The number of ether oxygens (including phenoxy) is 4. The molecule has 182 valence electrons. The van der Waals surface area contributed by atoms with E-state index < -0.39 is 5.60 Å². The van der Waals surface area contributed by atoms with Gasteiger partial charge in [-0.2, -0.15) is 0 Å². The summed E-state index contributed by atoms with van der Waals surface area (Å²) in [5.74, 6) is 1.44. The zero-order chi connectivity index (χ0) is 24.8. The van der Waals surface area contributed by atoms with Crippen molar-refractivity contribution in [2.24, 2.45) is 0 Å². The number of aliphatic hydroxyl groups is 1. The lowest BCUT2D eigenvalue weighted by atomic mass is 9.77. The van der Waals surface area contributed by atoms with E-state index in [0.717, 1.165) is 43.7 Å². The molecular formula is C30H32O5. The third-order valence-electron chi connectivity index (χ3n) is 6.17. The number of hydrogen-bond acceptors (Lipinski definition) is 5. The van der Waals surface area contributed by atoms with Gasteiger partial charge in [-0.15, -0.1) is 0 Å². The smallest absolute Gasteiger partial charge is 0.120 e. The Hall–Kier alpha value is -3.38. The molecular weight excluding hydrogens is 440 g/mol. The zero-order valence-corrected chi connectivity index (χ0v) is 20.4. The van der Waals surface area contributed by atoms with E-state index >= 15 is 0 Å². The highest BCUT2D eigenvalue weighted by molar-refractivity contribution is 5.98. The van der Waals surface area contributed by atoms with E-state index in [1.165, 1.54) is 0 Å². The van der Waals surface area contributed by atoms with E-state index in [1.807, 2.05) is 36.4 Å². The molecule has 5 heteroatoms. The first-order chi connectivity index (χ1) is 17.0. The van der Waals surface area contributed by atoms with Crippen molar-refractivity contribution in [3.8, 4) is 11.5 Å². The molecule has 1 N–H and O–H groups in total. The van der Waals surface area contributed by atoms with Crippen LogP contribution in [-0.2, 0) is 16.1 Å². The molecule has 0 saturated carbocycles. The fourth-order valence-electron chi connectivity index (χ4n) is 4.70. The molecule has 3 aromatic rings. The summed E-state index contributed by atoms with van der Waals surface area (Å²) in [5, 5.41) is 16.0. The molecule has 1 unspecified atom stereocenters. The van der Waals surface area contributed by atoms with Gasteiger partial charge in [-0.25, -0.2) is 0 Å². The van der Waals surface area contributed by atoms with Crippen LogP contribution in [0.2, 0.25) is 0 Å². The number of rotatable bonds is 11. The van der Waals surface area contributed by atoms with Crippen LogP contribution in [0, 0.1) is 0 Å². The van der Waals surface area contributed by atoms with Gasteiger partial charge in [0.15, 0.2) is 0 Å². The largest absolute Gasteiger partial charge is 0.490 e. The molecule has 1 atom stereocenters. The van der Waals surface area contributed by atoms with Gasteiger partial charge in [0.05, 0.1) is 13.2 Å². The first kappa shape index (κ1) is 24.7. The molecule has 0 aromatic heterocycles. The zero-order valence-electron chi connectivity index (χ0n) is 20.4. The molecule has 0 saturated heterocycles. The summed E-state index contributed by atoms with van der Waals surface area (Å²) in [4.78, 5) is 0. The van der Waals surface area contributed by atoms with Gasteiger partial charge in [-0.1, -0.05) is 55.7 Å². The van der Waals surface area contributed by atoms with Gasteiger partial charge in [0.25, 0.3) is 0 Å². The molecule has 35 heavy (non-hydrogen) atoms. The van der Waals surface area contributed by atoms with Crippen LogP contribution in [0.5, 0.6) is 11.5 Å². The number of methoxy groups -OCH3 is 2. The first-order valence-electron chi connectivity index (χ1n) is 11.6. The van der Waals surface area contributed by atoms with Gasteiger partial charge in [-0.3, -0.25) is 0 Å². The van der Waals surface area contributed by atoms with Crippen molar-refractivity contribution < 1.29 is 24.1 Å². The maximum absolute atomic E-state index is 12.0. The predicted octanol–water partition coefficient (Wildman–Crippen LogP) is 3.88. The van der Waals surface area contributed by atoms with Gasteiger partial charge < -0.3 is 24.1 Å². The van der Waals surface area contributed by atoms with Gasteiger partial charge in [-0.05, 0) is 56.6 Å². The van der Waals surface area contributed by atoms with Gasteiger partial charge in [0, 0.05) is 26.2 Å². The summed E-state index contributed by atoms with van der Waals surface area (Å²) in [5.41, 5.74) is 1.44. The molecule has 1 aliphatic carbocycles. The second-order valence-corrected chi connectivity index (χ2v) is 8.61.